The Balaban J connectivity index is 1.80. The Labute approximate surface area is 110 Å². The highest BCUT2D eigenvalue weighted by Crippen LogP contribution is 2.18. The lowest BCUT2D eigenvalue weighted by molar-refractivity contribution is 0.628. The maximum Gasteiger partial charge on any atom is 0.123 e. The van der Waals surface area contributed by atoms with E-state index in [0.29, 0.717) is 6.54 Å². The minimum absolute atomic E-state index is 0.228. The largest absolute Gasteiger partial charge is 0.331 e. The number of halogens is 1. The highest BCUT2D eigenvalue weighted by molar-refractivity contribution is 5.62. The summed E-state index contributed by atoms with van der Waals surface area (Å²) in [5.74, 6) is -0.228. The van der Waals surface area contributed by atoms with Crippen molar-refractivity contribution in [2.24, 2.45) is 0 Å². The molecule has 0 amide bonds. The van der Waals surface area contributed by atoms with E-state index in [2.05, 4.69) is 9.97 Å². The third-order valence-corrected chi connectivity index (χ3v) is 2.91. The molecule has 0 unspecified atom stereocenters. The Bertz CT molecular complexity index is 643. The second-order valence-electron chi connectivity index (χ2n) is 4.28. The smallest absolute Gasteiger partial charge is 0.123 e. The summed E-state index contributed by atoms with van der Waals surface area (Å²) >= 11 is 0. The van der Waals surface area contributed by atoms with Crippen molar-refractivity contribution in [1.82, 2.24) is 14.5 Å². The van der Waals surface area contributed by atoms with Gasteiger partial charge in [-0.05, 0) is 23.8 Å². The molecule has 19 heavy (non-hydrogen) atoms. The number of aromatic nitrogens is 3. The first-order chi connectivity index (χ1) is 9.31. The fourth-order valence-corrected chi connectivity index (χ4v) is 1.90. The lowest BCUT2D eigenvalue weighted by Crippen LogP contribution is -1.98. The minimum Gasteiger partial charge on any atom is -0.331 e. The molecule has 4 heteroatoms. The van der Waals surface area contributed by atoms with Gasteiger partial charge in [-0.1, -0.05) is 18.2 Å². The summed E-state index contributed by atoms with van der Waals surface area (Å²) in [6.45, 7) is 0.698. The molecule has 0 atom stereocenters. The van der Waals surface area contributed by atoms with Crippen molar-refractivity contribution in [3.63, 3.8) is 0 Å². The number of benzene rings is 1. The number of pyridine rings is 1. The lowest BCUT2D eigenvalue weighted by atomic mass is 10.1. The van der Waals surface area contributed by atoms with Crippen LogP contribution in [-0.2, 0) is 6.54 Å². The van der Waals surface area contributed by atoms with Crippen LogP contribution in [0.3, 0.4) is 0 Å². The van der Waals surface area contributed by atoms with Gasteiger partial charge in [0.1, 0.15) is 5.82 Å². The Morgan fingerprint density at radius 1 is 1.00 bits per heavy atom. The molecule has 0 N–H and O–H groups in total. The first-order valence-corrected chi connectivity index (χ1v) is 5.98. The van der Waals surface area contributed by atoms with E-state index in [-0.39, 0.29) is 5.82 Å². The highest BCUT2D eigenvalue weighted by Gasteiger charge is 2.00. The third kappa shape index (κ3) is 2.68. The van der Waals surface area contributed by atoms with E-state index in [1.165, 1.54) is 12.1 Å². The Morgan fingerprint density at radius 3 is 2.42 bits per heavy atom. The van der Waals surface area contributed by atoms with E-state index in [1.54, 1.807) is 30.9 Å². The number of hydrogen-bond acceptors (Lipinski definition) is 2. The topological polar surface area (TPSA) is 30.7 Å². The highest BCUT2D eigenvalue weighted by atomic mass is 19.1. The van der Waals surface area contributed by atoms with E-state index in [1.807, 2.05) is 22.9 Å². The van der Waals surface area contributed by atoms with Crippen molar-refractivity contribution in [1.29, 1.82) is 0 Å². The molecule has 0 fully saturated rings. The molecular formula is C15H12FN3. The molecule has 0 aliphatic rings. The molecule has 0 radical (unpaired) electrons. The van der Waals surface area contributed by atoms with Crippen LogP contribution in [0.5, 0.6) is 0 Å². The predicted octanol–water partition coefficient (Wildman–Crippen LogP) is 3.13. The van der Waals surface area contributed by atoms with Gasteiger partial charge in [0.05, 0.1) is 18.6 Å². The van der Waals surface area contributed by atoms with Crippen LogP contribution in [0.1, 0.15) is 5.69 Å². The maximum absolute atomic E-state index is 12.9. The summed E-state index contributed by atoms with van der Waals surface area (Å²) < 4.78 is 14.8. The fraction of sp³-hybridized carbons (Fsp3) is 0.0667. The number of rotatable bonds is 3. The zero-order valence-electron chi connectivity index (χ0n) is 10.2. The average Bonchev–Trinajstić information content (AvgIpc) is 2.94. The molecule has 0 saturated heterocycles. The van der Waals surface area contributed by atoms with E-state index >= 15 is 0 Å². The molecule has 3 aromatic rings. The molecule has 0 aliphatic carbocycles. The second-order valence-corrected chi connectivity index (χ2v) is 4.28. The van der Waals surface area contributed by atoms with Crippen molar-refractivity contribution in [2.75, 3.05) is 0 Å². The summed E-state index contributed by atoms with van der Waals surface area (Å²) in [4.78, 5) is 8.40. The molecule has 3 nitrogen and oxygen atoms in total. The molecule has 94 valence electrons. The van der Waals surface area contributed by atoms with Gasteiger partial charge in [0, 0.05) is 24.2 Å². The molecule has 2 aromatic heterocycles. The Morgan fingerprint density at radius 2 is 1.79 bits per heavy atom. The van der Waals surface area contributed by atoms with Crippen LogP contribution in [0.15, 0.2) is 61.3 Å². The standard InChI is InChI=1S/C15H12FN3/c16-14-4-1-12(2-5-14)13-3-6-15(18-9-13)10-19-8-7-17-11-19/h1-9,11H,10H2. The molecular weight excluding hydrogens is 241 g/mol. The maximum atomic E-state index is 12.9. The van der Waals surface area contributed by atoms with E-state index in [9.17, 15) is 4.39 Å². The van der Waals surface area contributed by atoms with E-state index < -0.39 is 0 Å². The second kappa shape index (κ2) is 5.02. The third-order valence-electron chi connectivity index (χ3n) is 2.91. The van der Waals surface area contributed by atoms with Gasteiger partial charge >= 0.3 is 0 Å². The van der Waals surface area contributed by atoms with Crippen LogP contribution < -0.4 is 0 Å². The number of imidazole rings is 1. The van der Waals surface area contributed by atoms with Crippen molar-refractivity contribution in [2.45, 2.75) is 6.54 Å². The van der Waals surface area contributed by atoms with Crippen molar-refractivity contribution < 1.29 is 4.39 Å². The Hall–Kier alpha value is -2.49. The summed E-state index contributed by atoms with van der Waals surface area (Å²) in [5, 5.41) is 0. The van der Waals surface area contributed by atoms with Crippen LogP contribution >= 0.6 is 0 Å². The first kappa shape index (κ1) is 11.6. The number of nitrogens with zero attached hydrogens (tertiary/aromatic N) is 3. The van der Waals surface area contributed by atoms with Crippen LogP contribution in [-0.4, -0.2) is 14.5 Å². The molecule has 0 spiro atoms. The van der Waals surface area contributed by atoms with Gasteiger partial charge in [-0.2, -0.15) is 0 Å². The fourth-order valence-electron chi connectivity index (χ4n) is 1.90. The zero-order chi connectivity index (χ0) is 13.1. The quantitative estimate of drug-likeness (QED) is 0.718. The summed E-state index contributed by atoms with van der Waals surface area (Å²) in [5.41, 5.74) is 2.90. The van der Waals surface area contributed by atoms with Gasteiger partial charge in [-0.25, -0.2) is 9.37 Å². The van der Waals surface area contributed by atoms with Gasteiger partial charge in [-0.3, -0.25) is 4.98 Å². The summed E-state index contributed by atoms with van der Waals surface area (Å²) in [6, 6.07) is 10.4. The normalized spacial score (nSPS) is 10.6. The van der Waals surface area contributed by atoms with Crippen LogP contribution in [0.2, 0.25) is 0 Å². The number of hydrogen-bond donors (Lipinski definition) is 0. The van der Waals surface area contributed by atoms with Gasteiger partial charge in [0.15, 0.2) is 0 Å². The summed E-state index contributed by atoms with van der Waals surface area (Å²) in [7, 11) is 0. The van der Waals surface area contributed by atoms with Crippen LogP contribution in [0.4, 0.5) is 4.39 Å². The van der Waals surface area contributed by atoms with Gasteiger partial charge in [0.2, 0.25) is 0 Å². The molecule has 1 aromatic carbocycles. The predicted molar refractivity (Wildman–Crippen MR) is 71.0 cm³/mol. The summed E-state index contributed by atoms with van der Waals surface area (Å²) in [6.07, 6.45) is 7.21. The molecule has 0 bridgehead atoms. The SMILES string of the molecule is Fc1ccc(-c2ccc(Cn3ccnc3)nc2)cc1. The van der Waals surface area contributed by atoms with Crippen molar-refractivity contribution >= 4 is 0 Å². The average molecular weight is 253 g/mol. The van der Waals surface area contributed by atoms with E-state index in [0.717, 1.165) is 16.8 Å². The first-order valence-electron chi connectivity index (χ1n) is 5.98. The van der Waals surface area contributed by atoms with Gasteiger partial charge in [-0.15, -0.1) is 0 Å². The van der Waals surface area contributed by atoms with Crippen molar-refractivity contribution in [3.8, 4) is 11.1 Å². The van der Waals surface area contributed by atoms with E-state index in [4.69, 9.17) is 0 Å². The van der Waals surface area contributed by atoms with Gasteiger partial charge in [0.25, 0.3) is 0 Å². The van der Waals surface area contributed by atoms with Crippen LogP contribution in [0.25, 0.3) is 11.1 Å². The molecule has 0 aliphatic heterocycles. The minimum atomic E-state index is -0.228. The van der Waals surface area contributed by atoms with Crippen LogP contribution in [0, 0.1) is 5.82 Å². The van der Waals surface area contributed by atoms with Crippen molar-refractivity contribution in [3.05, 3.63) is 72.8 Å². The molecule has 0 saturated carbocycles. The van der Waals surface area contributed by atoms with Gasteiger partial charge < -0.3 is 4.57 Å². The molecule has 2 heterocycles. The Kier molecular flexibility index (Phi) is 3.06. The lowest BCUT2D eigenvalue weighted by Gasteiger charge is -2.04. The zero-order valence-corrected chi connectivity index (χ0v) is 10.2. The monoisotopic (exact) mass is 253 g/mol. The molecule has 3 rings (SSSR count).